The number of aryl methyl sites for hydroxylation is 1. The predicted molar refractivity (Wildman–Crippen MR) is 67.0 cm³/mol. The molecule has 1 aromatic heterocycles. The second-order valence-corrected chi connectivity index (χ2v) is 4.08. The number of nitrogens with two attached hydrogens (primary N) is 1. The summed E-state index contributed by atoms with van der Waals surface area (Å²) in [6, 6.07) is 16.6. The monoisotopic (exact) mass is 244 g/mol. The minimum atomic E-state index is 0. The third-order valence-electron chi connectivity index (χ3n) is 3.02. The number of fused-ring (bicyclic) bond motifs is 2. The van der Waals surface area contributed by atoms with Crippen molar-refractivity contribution in [3.8, 4) is 0 Å². The number of rotatable bonds is 0. The van der Waals surface area contributed by atoms with Gasteiger partial charge in [0, 0.05) is 28.6 Å². The van der Waals surface area contributed by atoms with Crippen molar-refractivity contribution in [1.82, 2.24) is 0 Å². The van der Waals surface area contributed by atoms with E-state index in [-0.39, 0.29) is 12.4 Å². The molecule has 0 fully saturated rings. The van der Waals surface area contributed by atoms with E-state index >= 15 is 0 Å². The number of halogens is 1. The van der Waals surface area contributed by atoms with Gasteiger partial charge in [-0.25, -0.2) is 0 Å². The summed E-state index contributed by atoms with van der Waals surface area (Å²) in [6.07, 6.45) is 0. The lowest BCUT2D eigenvalue weighted by Crippen LogP contribution is -3.00. The molecule has 3 rings (SSSR count). The van der Waals surface area contributed by atoms with Crippen LogP contribution in [0.3, 0.4) is 0 Å². The number of anilines is 1. The van der Waals surface area contributed by atoms with Crippen LogP contribution in [0, 0.1) is 0 Å². The first-order valence-corrected chi connectivity index (χ1v) is 5.33. The molecule has 0 aliphatic carbocycles. The van der Waals surface area contributed by atoms with Crippen molar-refractivity contribution < 1.29 is 17.0 Å². The van der Waals surface area contributed by atoms with E-state index in [2.05, 4.69) is 48.0 Å². The molecule has 0 aliphatic rings. The summed E-state index contributed by atoms with van der Waals surface area (Å²) >= 11 is 0. The lowest BCUT2D eigenvalue weighted by molar-refractivity contribution is -0.617. The van der Waals surface area contributed by atoms with E-state index in [9.17, 15) is 0 Å². The summed E-state index contributed by atoms with van der Waals surface area (Å²) in [5.41, 5.74) is 9.05. The zero-order valence-corrected chi connectivity index (χ0v) is 10.3. The maximum atomic E-state index is 5.81. The molecule has 2 aromatic carbocycles. The lowest BCUT2D eigenvalue weighted by Gasteiger charge is -2.02. The second kappa shape index (κ2) is 4.22. The molecule has 2 nitrogen and oxygen atoms in total. The van der Waals surface area contributed by atoms with Gasteiger partial charge >= 0.3 is 0 Å². The first-order chi connectivity index (χ1) is 7.75. The van der Waals surface area contributed by atoms with Crippen LogP contribution in [0.4, 0.5) is 5.69 Å². The van der Waals surface area contributed by atoms with E-state index in [4.69, 9.17) is 5.73 Å². The zero-order valence-electron chi connectivity index (χ0n) is 9.52. The minimum absolute atomic E-state index is 0. The van der Waals surface area contributed by atoms with Crippen molar-refractivity contribution in [2.45, 2.75) is 0 Å². The van der Waals surface area contributed by atoms with Gasteiger partial charge in [0.1, 0.15) is 7.05 Å². The van der Waals surface area contributed by atoms with Gasteiger partial charge in [0.25, 0.3) is 0 Å². The number of nitrogens with zero attached hydrogens (tertiary/aromatic N) is 1. The van der Waals surface area contributed by atoms with Gasteiger partial charge in [-0.05, 0) is 24.3 Å². The molecule has 86 valence electrons. The van der Waals surface area contributed by atoms with Crippen molar-refractivity contribution in [3.05, 3.63) is 48.5 Å². The average Bonchev–Trinajstić information content (AvgIpc) is 2.29. The number of hydrogen-bond acceptors (Lipinski definition) is 1. The minimum Gasteiger partial charge on any atom is -1.00 e. The third-order valence-corrected chi connectivity index (χ3v) is 3.02. The highest BCUT2D eigenvalue weighted by molar-refractivity contribution is 5.89. The Hall–Kier alpha value is -1.80. The number of pyridine rings is 1. The first-order valence-electron chi connectivity index (χ1n) is 5.33. The SMILES string of the molecule is C[n+]1c2ccccc2cc2cc(N)ccc21.[Cl-]. The van der Waals surface area contributed by atoms with Crippen molar-refractivity contribution >= 4 is 27.5 Å². The normalized spacial score (nSPS) is 10.4. The standard InChI is InChI=1S/C14H13N2.ClH/c1-16-13-5-3-2-4-10(13)8-11-9-12(15)6-7-14(11)16;/h2-9H,15H2,1H3;1H/q+1;/p-1. The number of para-hydroxylation sites is 1. The Morgan fingerprint density at radius 3 is 2.41 bits per heavy atom. The van der Waals surface area contributed by atoms with E-state index in [1.807, 2.05) is 12.1 Å². The maximum absolute atomic E-state index is 5.81. The molecule has 0 amide bonds. The second-order valence-electron chi connectivity index (χ2n) is 4.08. The Kier molecular flexibility index (Phi) is 2.90. The van der Waals surface area contributed by atoms with E-state index < -0.39 is 0 Å². The lowest BCUT2D eigenvalue weighted by atomic mass is 10.1. The van der Waals surface area contributed by atoms with Gasteiger partial charge in [-0.3, -0.25) is 0 Å². The Morgan fingerprint density at radius 2 is 1.59 bits per heavy atom. The van der Waals surface area contributed by atoms with Gasteiger partial charge in [-0.1, -0.05) is 12.1 Å². The van der Waals surface area contributed by atoms with Crippen LogP contribution >= 0.6 is 0 Å². The molecule has 0 radical (unpaired) electrons. The van der Waals surface area contributed by atoms with Crippen LogP contribution in [0.25, 0.3) is 21.8 Å². The molecular weight excluding hydrogens is 232 g/mol. The van der Waals surface area contributed by atoms with Crippen LogP contribution in [0.15, 0.2) is 48.5 Å². The van der Waals surface area contributed by atoms with Gasteiger partial charge < -0.3 is 18.1 Å². The van der Waals surface area contributed by atoms with Crippen LogP contribution in [-0.2, 0) is 7.05 Å². The zero-order chi connectivity index (χ0) is 11.1. The Balaban J connectivity index is 0.00000108. The maximum Gasteiger partial charge on any atom is 0.212 e. The number of nitrogen functional groups attached to an aromatic ring is 1. The Bertz CT molecular complexity index is 692. The fourth-order valence-electron chi connectivity index (χ4n) is 2.21. The van der Waals surface area contributed by atoms with Crippen LogP contribution in [0.1, 0.15) is 0 Å². The highest BCUT2D eigenvalue weighted by Crippen LogP contribution is 2.19. The Morgan fingerprint density at radius 1 is 0.882 bits per heavy atom. The molecule has 3 heteroatoms. The molecule has 0 unspecified atom stereocenters. The van der Waals surface area contributed by atoms with Gasteiger partial charge in [0.15, 0.2) is 0 Å². The Labute approximate surface area is 106 Å². The van der Waals surface area contributed by atoms with Crippen LogP contribution in [0.2, 0.25) is 0 Å². The molecule has 0 atom stereocenters. The number of hydrogen-bond donors (Lipinski definition) is 1. The van der Waals surface area contributed by atoms with Gasteiger partial charge in [0.2, 0.25) is 11.0 Å². The number of benzene rings is 2. The fourth-order valence-corrected chi connectivity index (χ4v) is 2.21. The van der Waals surface area contributed by atoms with Gasteiger partial charge in [0.05, 0.1) is 0 Å². The smallest absolute Gasteiger partial charge is 0.212 e. The summed E-state index contributed by atoms with van der Waals surface area (Å²) in [5.74, 6) is 0. The molecule has 0 saturated carbocycles. The van der Waals surface area contributed by atoms with Crippen LogP contribution in [0.5, 0.6) is 0 Å². The quantitative estimate of drug-likeness (QED) is 0.320. The largest absolute Gasteiger partial charge is 1.00 e. The van der Waals surface area contributed by atoms with Crippen molar-refractivity contribution in [1.29, 1.82) is 0 Å². The molecule has 3 aromatic rings. The van der Waals surface area contributed by atoms with Crippen molar-refractivity contribution in [2.75, 3.05) is 5.73 Å². The average molecular weight is 245 g/mol. The van der Waals surface area contributed by atoms with Gasteiger partial charge in [-0.15, -0.1) is 0 Å². The molecule has 17 heavy (non-hydrogen) atoms. The third kappa shape index (κ3) is 1.81. The summed E-state index contributed by atoms with van der Waals surface area (Å²) in [6.45, 7) is 0. The molecule has 1 heterocycles. The first kappa shape index (κ1) is 11.7. The van der Waals surface area contributed by atoms with Crippen LogP contribution < -0.4 is 22.7 Å². The van der Waals surface area contributed by atoms with Crippen molar-refractivity contribution in [3.63, 3.8) is 0 Å². The summed E-state index contributed by atoms with van der Waals surface area (Å²) in [4.78, 5) is 0. The molecular formula is C14H13ClN2. The molecule has 2 N–H and O–H groups in total. The summed E-state index contributed by atoms with van der Waals surface area (Å²) in [5, 5.41) is 2.42. The van der Waals surface area contributed by atoms with E-state index in [0.29, 0.717) is 0 Å². The number of aromatic nitrogens is 1. The van der Waals surface area contributed by atoms with Gasteiger partial charge in [-0.2, -0.15) is 4.57 Å². The van der Waals surface area contributed by atoms with E-state index in [1.165, 1.54) is 21.8 Å². The molecule has 0 spiro atoms. The molecule has 0 aliphatic heterocycles. The summed E-state index contributed by atoms with van der Waals surface area (Å²) < 4.78 is 2.20. The highest BCUT2D eigenvalue weighted by Gasteiger charge is 2.10. The predicted octanol–water partition coefficient (Wildman–Crippen LogP) is -0.596. The van der Waals surface area contributed by atoms with E-state index in [1.54, 1.807) is 0 Å². The highest BCUT2D eigenvalue weighted by atomic mass is 35.5. The molecule has 0 saturated heterocycles. The fraction of sp³-hybridized carbons (Fsp3) is 0.0714. The van der Waals surface area contributed by atoms with E-state index in [0.717, 1.165) is 5.69 Å². The topological polar surface area (TPSA) is 29.9 Å². The molecule has 0 bridgehead atoms. The van der Waals surface area contributed by atoms with Crippen LogP contribution in [-0.4, -0.2) is 0 Å². The summed E-state index contributed by atoms with van der Waals surface area (Å²) in [7, 11) is 2.08. The van der Waals surface area contributed by atoms with Crippen molar-refractivity contribution in [2.24, 2.45) is 7.05 Å².